The predicted octanol–water partition coefficient (Wildman–Crippen LogP) is 3.68. The van der Waals surface area contributed by atoms with Crippen molar-refractivity contribution in [3.63, 3.8) is 0 Å². The van der Waals surface area contributed by atoms with E-state index >= 15 is 0 Å². The van der Waals surface area contributed by atoms with Crippen LogP contribution < -0.4 is 22.1 Å². The van der Waals surface area contributed by atoms with E-state index in [-0.39, 0.29) is 17.3 Å². The molecule has 1 aliphatic heterocycles. The van der Waals surface area contributed by atoms with Crippen LogP contribution in [-0.4, -0.2) is 28.0 Å². The molecule has 7 nitrogen and oxygen atoms in total. The monoisotopic (exact) mass is 453 g/mol. The summed E-state index contributed by atoms with van der Waals surface area (Å²) in [6.07, 6.45) is 6.48. The van der Waals surface area contributed by atoms with Crippen LogP contribution in [0.1, 0.15) is 30.0 Å². The van der Waals surface area contributed by atoms with Gasteiger partial charge in [-0.2, -0.15) is 0 Å². The Kier molecular flexibility index (Phi) is 5.16. The zero-order valence-corrected chi connectivity index (χ0v) is 18.5. The summed E-state index contributed by atoms with van der Waals surface area (Å²) in [7, 11) is 0. The van der Waals surface area contributed by atoms with Crippen molar-refractivity contribution in [2.24, 2.45) is 11.1 Å². The van der Waals surface area contributed by atoms with Gasteiger partial charge in [0, 0.05) is 30.2 Å². The number of pyridine rings is 1. The van der Waals surface area contributed by atoms with Crippen molar-refractivity contribution in [2.75, 3.05) is 29.5 Å². The standard InChI is InChI=1S/C22H24ClN7S/c23-17-15(5-8-27-19(17)25)31-21-20(26)29-16(12-28-21)30-9-6-22(7-10-30)11-13-3-1-2-4-14(13)18(22)24/h1-5,8,12,18H,6-7,9-11,24H2,(H2,25,27)(H2,26,29)/t18-/m0/s1. The molecule has 6 N–H and O–H groups in total. The van der Waals surface area contributed by atoms with Crippen molar-refractivity contribution in [2.45, 2.75) is 35.2 Å². The fraction of sp³-hybridized carbons (Fsp3) is 0.318. The number of anilines is 3. The van der Waals surface area contributed by atoms with E-state index in [1.807, 2.05) is 0 Å². The molecule has 0 radical (unpaired) electrons. The Balaban J connectivity index is 1.29. The van der Waals surface area contributed by atoms with Crippen LogP contribution >= 0.6 is 23.4 Å². The van der Waals surface area contributed by atoms with Crippen molar-refractivity contribution in [3.05, 3.63) is 58.9 Å². The number of rotatable bonds is 3. The summed E-state index contributed by atoms with van der Waals surface area (Å²) in [5, 5.41) is 0.992. The van der Waals surface area contributed by atoms with Gasteiger partial charge in [0.2, 0.25) is 0 Å². The molecule has 0 saturated carbocycles. The molecule has 3 aromatic rings. The summed E-state index contributed by atoms with van der Waals surface area (Å²) >= 11 is 7.57. The molecule has 2 aromatic heterocycles. The number of hydrogen-bond acceptors (Lipinski definition) is 8. The Morgan fingerprint density at radius 1 is 1.06 bits per heavy atom. The van der Waals surface area contributed by atoms with Crippen molar-refractivity contribution in [3.8, 4) is 0 Å². The Labute approximate surface area is 190 Å². The van der Waals surface area contributed by atoms with Crippen LogP contribution in [0.5, 0.6) is 0 Å². The summed E-state index contributed by atoms with van der Waals surface area (Å²) in [4.78, 5) is 16.1. The lowest BCUT2D eigenvalue weighted by atomic mass is 9.73. The molecule has 5 rings (SSSR count). The minimum absolute atomic E-state index is 0.0957. The van der Waals surface area contributed by atoms with Gasteiger partial charge >= 0.3 is 0 Å². The van der Waals surface area contributed by atoms with Gasteiger partial charge < -0.3 is 22.1 Å². The molecule has 0 unspecified atom stereocenters. The van der Waals surface area contributed by atoms with E-state index in [0.29, 0.717) is 15.9 Å². The third-order valence-electron chi connectivity index (χ3n) is 6.51. The third-order valence-corrected chi connectivity index (χ3v) is 8.09. The molecule has 1 aliphatic carbocycles. The first-order chi connectivity index (χ1) is 15.0. The van der Waals surface area contributed by atoms with E-state index in [2.05, 4.69) is 44.1 Å². The molecule has 1 atom stereocenters. The normalized spacial score (nSPS) is 19.5. The predicted molar refractivity (Wildman–Crippen MR) is 125 cm³/mol. The minimum atomic E-state index is 0.0957. The van der Waals surface area contributed by atoms with Crippen LogP contribution in [0.3, 0.4) is 0 Å². The van der Waals surface area contributed by atoms with Crippen molar-refractivity contribution < 1.29 is 0 Å². The fourth-order valence-corrected chi connectivity index (χ4v) is 5.74. The van der Waals surface area contributed by atoms with Gasteiger partial charge in [0.05, 0.1) is 11.2 Å². The van der Waals surface area contributed by atoms with E-state index in [1.54, 1.807) is 18.5 Å². The van der Waals surface area contributed by atoms with Gasteiger partial charge in [0.25, 0.3) is 0 Å². The highest BCUT2D eigenvalue weighted by atomic mass is 35.5. The lowest BCUT2D eigenvalue weighted by Crippen LogP contribution is -2.44. The zero-order chi connectivity index (χ0) is 21.6. The molecule has 1 spiro atoms. The Morgan fingerprint density at radius 3 is 2.58 bits per heavy atom. The van der Waals surface area contributed by atoms with Gasteiger partial charge in [-0.05, 0) is 41.9 Å². The summed E-state index contributed by atoms with van der Waals surface area (Å²) < 4.78 is 0. The van der Waals surface area contributed by atoms with Gasteiger partial charge in [0.15, 0.2) is 5.82 Å². The third kappa shape index (κ3) is 3.58. The minimum Gasteiger partial charge on any atom is -0.382 e. The molecule has 0 bridgehead atoms. The van der Waals surface area contributed by atoms with E-state index in [4.69, 9.17) is 28.8 Å². The second-order valence-electron chi connectivity index (χ2n) is 8.23. The number of nitrogens with two attached hydrogens (primary N) is 3. The number of hydrogen-bond donors (Lipinski definition) is 3. The molecule has 1 aromatic carbocycles. The largest absolute Gasteiger partial charge is 0.382 e. The second-order valence-corrected chi connectivity index (χ2v) is 9.64. The van der Waals surface area contributed by atoms with Crippen molar-refractivity contribution in [1.82, 2.24) is 15.0 Å². The lowest BCUT2D eigenvalue weighted by Gasteiger charge is -2.42. The maximum atomic E-state index is 6.69. The van der Waals surface area contributed by atoms with Gasteiger partial charge in [-0.3, -0.25) is 0 Å². The average molecular weight is 454 g/mol. The zero-order valence-electron chi connectivity index (χ0n) is 17.0. The van der Waals surface area contributed by atoms with Gasteiger partial charge in [-0.1, -0.05) is 47.6 Å². The fourth-order valence-electron chi connectivity index (χ4n) is 4.72. The quantitative estimate of drug-likeness (QED) is 0.549. The molecule has 3 heterocycles. The lowest BCUT2D eigenvalue weighted by molar-refractivity contribution is 0.187. The maximum Gasteiger partial charge on any atom is 0.158 e. The smallest absolute Gasteiger partial charge is 0.158 e. The molecule has 9 heteroatoms. The van der Waals surface area contributed by atoms with Gasteiger partial charge in [-0.25, -0.2) is 15.0 Å². The highest BCUT2D eigenvalue weighted by molar-refractivity contribution is 7.99. The number of aromatic nitrogens is 3. The highest BCUT2D eigenvalue weighted by Gasteiger charge is 2.45. The van der Waals surface area contributed by atoms with Gasteiger partial charge in [0.1, 0.15) is 16.7 Å². The Hall–Kier alpha value is -2.55. The summed E-state index contributed by atoms with van der Waals surface area (Å²) in [5.74, 6) is 1.45. The van der Waals surface area contributed by atoms with Crippen molar-refractivity contribution in [1.29, 1.82) is 0 Å². The van der Waals surface area contributed by atoms with E-state index in [1.165, 1.54) is 22.9 Å². The van der Waals surface area contributed by atoms with Crippen LogP contribution in [0.4, 0.5) is 17.5 Å². The molecule has 1 saturated heterocycles. The number of nitrogen functional groups attached to an aromatic ring is 2. The van der Waals surface area contributed by atoms with Crippen molar-refractivity contribution >= 4 is 40.8 Å². The number of halogens is 1. The molecule has 0 amide bonds. The first kappa shape index (κ1) is 20.4. The summed E-state index contributed by atoms with van der Waals surface area (Å²) in [6, 6.07) is 10.4. The van der Waals surface area contributed by atoms with Crippen LogP contribution in [0, 0.1) is 5.41 Å². The first-order valence-corrected chi connectivity index (χ1v) is 11.4. The average Bonchev–Trinajstić information content (AvgIpc) is 3.05. The number of nitrogens with zero attached hydrogens (tertiary/aromatic N) is 4. The van der Waals surface area contributed by atoms with Crippen LogP contribution in [-0.2, 0) is 6.42 Å². The molecular weight excluding hydrogens is 430 g/mol. The van der Waals surface area contributed by atoms with Crippen LogP contribution in [0.2, 0.25) is 5.02 Å². The maximum absolute atomic E-state index is 6.69. The molecule has 31 heavy (non-hydrogen) atoms. The topological polar surface area (TPSA) is 120 Å². The van der Waals surface area contributed by atoms with Gasteiger partial charge in [-0.15, -0.1) is 0 Å². The summed E-state index contributed by atoms with van der Waals surface area (Å²) in [5.41, 5.74) is 21.5. The van der Waals surface area contributed by atoms with E-state index in [0.717, 1.165) is 43.1 Å². The molecule has 1 fully saturated rings. The number of benzene rings is 1. The summed E-state index contributed by atoms with van der Waals surface area (Å²) in [6.45, 7) is 1.77. The SMILES string of the molecule is Nc1nc(N2CCC3(CC2)Cc2ccccc2[C@@H]3N)cnc1Sc1ccnc(N)c1Cl. The number of fused-ring (bicyclic) bond motifs is 1. The molecular formula is C22H24ClN7S. The van der Waals surface area contributed by atoms with Crippen LogP contribution in [0.15, 0.2) is 52.6 Å². The van der Waals surface area contributed by atoms with E-state index in [9.17, 15) is 0 Å². The van der Waals surface area contributed by atoms with E-state index < -0.39 is 0 Å². The molecule has 160 valence electrons. The first-order valence-electron chi connectivity index (χ1n) is 10.3. The number of piperidine rings is 1. The Bertz CT molecular complexity index is 1130. The highest BCUT2D eigenvalue weighted by Crippen LogP contribution is 2.51. The molecule has 2 aliphatic rings. The Morgan fingerprint density at radius 2 is 1.84 bits per heavy atom. The van der Waals surface area contributed by atoms with Crippen LogP contribution in [0.25, 0.3) is 0 Å². The second kappa shape index (κ2) is 7.85.